The van der Waals surface area contributed by atoms with Crippen LogP contribution in [0.1, 0.15) is 31.7 Å². The summed E-state index contributed by atoms with van der Waals surface area (Å²) in [7, 11) is 0. The number of likely N-dealkylation sites (tertiary alicyclic amines) is 1. The molecule has 0 aromatic heterocycles. The van der Waals surface area contributed by atoms with E-state index in [9.17, 15) is 14.0 Å². The van der Waals surface area contributed by atoms with E-state index in [1.54, 1.807) is 0 Å². The first-order valence-electron chi connectivity index (χ1n) is 11.1. The van der Waals surface area contributed by atoms with Gasteiger partial charge < -0.3 is 19.6 Å². The number of halogens is 1. The zero-order chi connectivity index (χ0) is 22.7. The van der Waals surface area contributed by atoms with Gasteiger partial charge in [0.1, 0.15) is 19.0 Å². The van der Waals surface area contributed by atoms with Gasteiger partial charge in [-0.15, -0.1) is 0 Å². The highest BCUT2D eigenvalue weighted by Gasteiger charge is 2.52. The van der Waals surface area contributed by atoms with Crippen molar-refractivity contribution in [3.63, 3.8) is 0 Å². The molecule has 0 spiro atoms. The molecule has 0 aliphatic carbocycles. The number of ether oxygens (including phenoxy) is 1. The fourth-order valence-corrected chi connectivity index (χ4v) is 5.44. The standard InChI is InChI=1S/C25H29FN2O4/c1-25(14-18-9-11-19(26)12-10-18)15-22-21(28(25)20-6-3-2-4-7-20)8-5-13-27(22)23(29)16-32-17-24(30)31/h2-4,6-7,9-12,21-22H,5,8,13-17H2,1H3,(H,30,31)/t21-,22-,25+/m0/s1. The van der Waals surface area contributed by atoms with Crippen molar-refractivity contribution in [3.8, 4) is 0 Å². The summed E-state index contributed by atoms with van der Waals surface area (Å²) in [5, 5.41) is 8.79. The van der Waals surface area contributed by atoms with E-state index < -0.39 is 12.6 Å². The van der Waals surface area contributed by atoms with Crippen LogP contribution < -0.4 is 4.90 Å². The highest BCUT2D eigenvalue weighted by Crippen LogP contribution is 2.45. The van der Waals surface area contributed by atoms with Gasteiger partial charge in [-0.2, -0.15) is 0 Å². The SMILES string of the molecule is C[C@@]1(Cc2ccc(F)cc2)C[C@H]2[C@H](CCCN2C(=O)COCC(=O)O)N1c1ccccc1. The minimum absolute atomic E-state index is 0.00957. The highest BCUT2D eigenvalue weighted by molar-refractivity contribution is 5.79. The minimum Gasteiger partial charge on any atom is -0.480 e. The molecule has 0 saturated carbocycles. The van der Waals surface area contributed by atoms with Crippen LogP contribution in [0.5, 0.6) is 0 Å². The minimum atomic E-state index is -1.09. The molecule has 2 fully saturated rings. The number of piperidine rings is 1. The summed E-state index contributed by atoms with van der Waals surface area (Å²) < 4.78 is 18.6. The average Bonchev–Trinajstić information content (AvgIpc) is 3.07. The van der Waals surface area contributed by atoms with Crippen LogP contribution in [0.4, 0.5) is 10.1 Å². The van der Waals surface area contributed by atoms with Crippen LogP contribution in [0.3, 0.4) is 0 Å². The van der Waals surface area contributed by atoms with E-state index >= 15 is 0 Å². The third kappa shape index (κ3) is 4.63. The molecule has 170 valence electrons. The number of hydrogen-bond acceptors (Lipinski definition) is 4. The normalized spacial score (nSPS) is 24.9. The molecular formula is C25H29FN2O4. The van der Waals surface area contributed by atoms with E-state index in [2.05, 4.69) is 24.0 Å². The number of para-hydroxylation sites is 1. The molecule has 2 aromatic rings. The highest BCUT2D eigenvalue weighted by atomic mass is 19.1. The molecule has 0 radical (unpaired) electrons. The monoisotopic (exact) mass is 440 g/mol. The zero-order valence-corrected chi connectivity index (χ0v) is 18.2. The molecule has 2 aliphatic rings. The number of hydrogen-bond donors (Lipinski definition) is 1. The van der Waals surface area contributed by atoms with Crippen LogP contribution in [-0.2, 0) is 20.7 Å². The Morgan fingerprint density at radius 2 is 1.81 bits per heavy atom. The summed E-state index contributed by atoms with van der Waals surface area (Å²) in [5.74, 6) is -1.51. The van der Waals surface area contributed by atoms with Crippen molar-refractivity contribution in [1.82, 2.24) is 4.90 Å². The van der Waals surface area contributed by atoms with Crippen molar-refractivity contribution in [2.45, 2.75) is 50.2 Å². The number of fused-ring (bicyclic) bond motifs is 1. The van der Waals surface area contributed by atoms with Crippen molar-refractivity contribution < 1.29 is 23.8 Å². The van der Waals surface area contributed by atoms with Gasteiger partial charge in [0.25, 0.3) is 0 Å². The topological polar surface area (TPSA) is 70.1 Å². The Balaban J connectivity index is 1.62. The van der Waals surface area contributed by atoms with Gasteiger partial charge in [-0.05, 0) is 62.4 Å². The predicted molar refractivity (Wildman–Crippen MR) is 119 cm³/mol. The summed E-state index contributed by atoms with van der Waals surface area (Å²) in [4.78, 5) is 28.0. The lowest BCUT2D eigenvalue weighted by Gasteiger charge is -2.43. The number of carbonyl (C=O) groups excluding carboxylic acids is 1. The number of carboxylic acids is 1. The molecule has 2 aliphatic heterocycles. The molecule has 1 N–H and O–H groups in total. The maximum atomic E-state index is 13.5. The molecule has 2 saturated heterocycles. The van der Waals surface area contributed by atoms with Crippen LogP contribution >= 0.6 is 0 Å². The lowest BCUT2D eigenvalue weighted by Crippen LogP contribution is -2.54. The molecular weight excluding hydrogens is 411 g/mol. The number of amides is 1. The number of anilines is 1. The Kier molecular flexibility index (Phi) is 6.46. The van der Waals surface area contributed by atoms with Crippen LogP contribution in [0.2, 0.25) is 0 Å². The first kappa shape index (κ1) is 22.3. The number of carbonyl (C=O) groups is 2. The molecule has 1 amide bonds. The molecule has 0 unspecified atom stereocenters. The summed E-state index contributed by atoms with van der Waals surface area (Å²) in [5.41, 5.74) is 1.90. The van der Waals surface area contributed by atoms with Crippen molar-refractivity contribution >= 4 is 17.6 Å². The molecule has 4 rings (SSSR count). The summed E-state index contributed by atoms with van der Waals surface area (Å²) in [6, 6.07) is 17.0. The molecule has 3 atom stereocenters. The van der Waals surface area contributed by atoms with Gasteiger partial charge in [0.2, 0.25) is 5.91 Å². The second-order valence-corrected chi connectivity index (χ2v) is 8.96. The van der Waals surface area contributed by atoms with Crippen molar-refractivity contribution in [1.29, 1.82) is 0 Å². The summed E-state index contributed by atoms with van der Waals surface area (Å²) in [6.45, 7) is 2.15. The van der Waals surface area contributed by atoms with E-state index in [4.69, 9.17) is 9.84 Å². The smallest absolute Gasteiger partial charge is 0.329 e. The fourth-order valence-electron chi connectivity index (χ4n) is 5.44. The third-order valence-electron chi connectivity index (χ3n) is 6.61. The van der Waals surface area contributed by atoms with Gasteiger partial charge in [-0.25, -0.2) is 9.18 Å². The quantitative estimate of drug-likeness (QED) is 0.714. The van der Waals surface area contributed by atoms with Crippen LogP contribution in [0, 0.1) is 5.82 Å². The van der Waals surface area contributed by atoms with E-state index in [0.717, 1.165) is 36.9 Å². The Morgan fingerprint density at radius 1 is 1.09 bits per heavy atom. The number of carboxylic acid groups (broad SMARTS) is 1. The maximum absolute atomic E-state index is 13.5. The van der Waals surface area contributed by atoms with Gasteiger partial charge in [-0.3, -0.25) is 4.79 Å². The molecule has 2 heterocycles. The Morgan fingerprint density at radius 3 is 2.50 bits per heavy atom. The van der Waals surface area contributed by atoms with Gasteiger partial charge in [0.05, 0.1) is 12.1 Å². The fraction of sp³-hybridized carbons (Fsp3) is 0.440. The first-order valence-corrected chi connectivity index (χ1v) is 11.1. The number of benzene rings is 2. The van der Waals surface area contributed by atoms with Gasteiger partial charge in [0.15, 0.2) is 0 Å². The van der Waals surface area contributed by atoms with Crippen molar-refractivity contribution in [2.24, 2.45) is 0 Å². The molecule has 7 heteroatoms. The average molecular weight is 441 g/mol. The van der Waals surface area contributed by atoms with Crippen molar-refractivity contribution in [3.05, 3.63) is 66.0 Å². The summed E-state index contributed by atoms with van der Waals surface area (Å²) in [6.07, 6.45) is 3.35. The molecule has 2 aromatic carbocycles. The largest absolute Gasteiger partial charge is 0.480 e. The Labute approximate surface area is 187 Å². The molecule has 0 bridgehead atoms. The molecule has 6 nitrogen and oxygen atoms in total. The van der Waals surface area contributed by atoms with E-state index in [1.807, 2.05) is 35.2 Å². The zero-order valence-electron chi connectivity index (χ0n) is 18.2. The van der Waals surface area contributed by atoms with Gasteiger partial charge >= 0.3 is 5.97 Å². The first-order chi connectivity index (χ1) is 15.4. The number of rotatable bonds is 7. The predicted octanol–water partition coefficient (Wildman–Crippen LogP) is 3.50. The molecule has 32 heavy (non-hydrogen) atoms. The van der Waals surface area contributed by atoms with Crippen LogP contribution in [-0.4, -0.2) is 59.3 Å². The van der Waals surface area contributed by atoms with Gasteiger partial charge in [-0.1, -0.05) is 30.3 Å². The van der Waals surface area contributed by atoms with E-state index in [1.165, 1.54) is 12.1 Å². The maximum Gasteiger partial charge on any atom is 0.329 e. The second kappa shape index (κ2) is 9.28. The Bertz CT molecular complexity index is 952. The van der Waals surface area contributed by atoms with Crippen molar-refractivity contribution in [2.75, 3.05) is 24.7 Å². The van der Waals surface area contributed by atoms with E-state index in [0.29, 0.717) is 6.54 Å². The number of aliphatic carboxylic acids is 1. The second-order valence-electron chi connectivity index (χ2n) is 8.96. The lowest BCUT2D eigenvalue weighted by molar-refractivity contribution is -0.147. The van der Waals surface area contributed by atoms with E-state index in [-0.39, 0.29) is 36.0 Å². The lowest BCUT2D eigenvalue weighted by atomic mass is 9.88. The Hall–Kier alpha value is -2.93. The van der Waals surface area contributed by atoms with Crippen LogP contribution in [0.15, 0.2) is 54.6 Å². The van der Waals surface area contributed by atoms with Gasteiger partial charge in [0, 0.05) is 17.8 Å². The van der Waals surface area contributed by atoms with Crippen LogP contribution in [0.25, 0.3) is 0 Å². The third-order valence-corrected chi connectivity index (χ3v) is 6.61. The number of nitrogens with zero attached hydrogens (tertiary/aromatic N) is 2. The summed E-state index contributed by atoms with van der Waals surface area (Å²) >= 11 is 0.